The maximum absolute atomic E-state index is 10.1. The Hall–Kier alpha value is -3.66. The van der Waals surface area contributed by atoms with Crippen LogP contribution in [0.2, 0.25) is 0 Å². The van der Waals surface area contributed by atoms with Crippen molar-refractivity contribution in [1.82, 2.24) is 4.98 Å². The van der Waals surface area contributed by atoms with E-state index in [-0.39, 0.29) is 5.69 Å². The van der Waals surface area contributed by atoms with Crippen molar-refractivity contribution in [2.75, 3.05) is 0 Å². The molecule has 0 saturated carbocycles. The molecule has 1 aromatic heterocycles. The number of hydrogen-bond donors (Lipinski definition) is 0. The molecule has 1 heterocycles. The molecule has 0 radical (unpaired) electrons. The van der Waals surface area contributed by atoms with Crippen molar-refractivity contribution in [2.24, 2.45) is 0 Å². The molecular weight excluding hydrogens is 531 g/mol. The van der Waals surface area contributed by atoms with Crippen LogP contribution in [0.25, 0.3) is 0 Å². The topological polar surface area (TPSA) is 56.0 Å². The number of hydrogen-bond acceptors (Lipinski definition) is 3. The number of pyridine rings is 1. The highest BCUT2D eigenvalue weighted by Crippen LogP contribution is 2.32. The molecular formula is C30H26BrN2O2P. The van der Waals surface area contributed by atoms with E-state index in [0.29, 0.717) is 0 Å². The average molecular weight is 557 g/mol. The van der Waals surface area contributed by atoms with Crippen LogP contribution in [0.1, 0.15) is 5.56 Å². The lowest BCUT2D eigenvalue weighted by atomic mass is 10.3. The molecule has 0 N–H and O–H groups in total. The van der Waals surface area contributed by atoms with Gasteiger partial charge in [-0.3, -0.25) is 15.1 Å². The maximum Gasteiger partial charge on any atom is 0.269 e. The van der Waals surface area contributed by atoms with E-state index in [1.165, 1.54) is 33.6 Å². The fraction of sp³-hybridized carbons (Fsp3) is 0.0333. The molecule has 36 heavy (non-hydrogen) atoms. The van der Waals surface area contributed by atoms with Crippen molar-refractivity contribution in [3.63, 3.8) is 0 Å². The summed E-state index contributed by atoms with van der Waals surface area (Å²) in [7, 11) is -0.446. The summed E-state index contributed by atoms with van der Waals surface area (Å²) >= 11 is 3.17. The standard InChI is InChI=1S/C18H15P.C6H4BrNO2.C6H7N/c1-4-10-16(11-5-1)19(17-12-6-2-7-13-17)18-14-8-3-9-15-18;7-5-1-3-6(4-2-5)8(9)10;1-6-3-2-4-7-5-6/h1-15H;1-4H;2-5H,1H3. The molecule has 4 nitrogen and oxygen atoms in total. The van der Waals surface area contributed by atoms with Gasteiger partial charge in [-0.05, 0) is 54.5 Å². The first-order chi connectivity index (χ1) is 17.5. The normalized spacial score (nSPS) is 9.86. The van der Waals surface area contributed by atoms with Gasteiger partial charge in [0.1, 0.15) is 0 Å². The predicted molar refractivity (Wildman–Crippen MR) is 155 cm³/mol. The summed E-state index contributed by atoms with van der Waals surface area (Å²) in [4.78, 5) is 13.6. The lowest BCUT2D eigenvalue weighted by Crippen LogP contribution is -2.20. The smallest absolute Gasteiger partial charge is 0.264 e. The van der Waals surface area contributed by atoms with Crippen molar-refractivity contribution in [3.8, 4) is 0 Å². The van der Waals surface area contributed by atoms with Crippen LogP contribution >= 0.6 is 23.9 Å². The van der Waals surface area contributed by atoms with Crippen molar-refractivity contribution in [1.29, 1.82) is 0 Å². The highest BCUT2D eigenvalue weighted by molar-refractivity contribution is 9.10. The Bertz CT molecular complexity index is 1210. The van der Waals surface area contributed by atoms with Crippen LogP contribution in [0.4, 0.5) is 5.69 Å². The molecule has 0 amide bonds. The highest BCUT2D eigenvalue weighted by Gasteiger charge is 2.15. The van der Waals surface area contributed by atoms with E-state index in [4.69, 9.17) is 0 Å². The van der Waals surface area contributed by atoms with Crippen molar-refractivity contribution < 1.29 is 4.92 Å². The molecule has 0 saturated heterocycles. The van der Waals surface area contributed by atoms with E-state index in [0.717, 1.165) is 4.47 Å². The minimum absolute atomic E-state index is 0.114. The van der Waals surface area contributed by atoms with Crippen molar-refractivity contribution >= 4 is 45.5 Å². The van der Waals surface area contributed by atoms with Gasteiger partial charge in [-0.25, -0.2) is 0 Å². The van der Waals surface area contributed by atoms with E-state index >= 15 is 0 Å². The van der Waals surface area contributed by atoms with Gasteiger partial charge in [0.05, 0.1) is 4.92 Å². The van der Waals surface area contributed by atoms with Gasteiger partial charge in [0.15, 0.2) is 0 Å². The Morgan fingerprint density at radius 2 is 1.11 bits per heavy atom. The number of aromatic nitrogens is 1. The first kappa shape index (κ1) is 26.9. The van der Waals surface area contributed by atoms with Crippen LogP contribution in [0.5, 0.6) is 0 Å². The van der Waals surface area contributed by atoms with Gasteiger partial charge < -0.3 is 0 Å². The summed E-state index contributed by atoms with van der Waals surface area (Å²) in [5, 5.41) is 14.3. The summed E-state index contributed by atoms with van der Waals surface area (Å²) in [6.07, 6.45) is 3.60. The molecule has 0 aliphatic heterocycles. The number of nitrogens with zero attached hydrogens (tertiary/aromatic N) is 2. The van der Waals surface area contributed by atoms with Gasteiger partial charge >= 0.3 is 0 Å². The van der Waals surface area contributed by atoms with E-state index in [2.05, 4.69) is 112 Å². The van der Waals surface area contributed by atoms with Gasteiger partial charge in [0.2, 0.25) is 0 Å². The number of rotatable bonds is 4. The lowest BCUT2D eigenvalue weighted by Gasteiger charge is -2.18. The quantitative estimate of drug-likeness (QED) is 0.134. The largest absolute Gasteiger partial charge is 0.269 e. The minimum atomic E-state index is -0.446. The van der Waals surface area contributed by atoms with Crippen LogP contribution in [-0.2, 0) is 0 Å². The Kier molecular flexibility index (Phi) is 11.0. The molecule has 5 aromatic rings. The second-order valence-corrected chi connectivity index (χ2v) is 10.7. The van der Waals surface area contributed by atoms with Gasteiger partial charge in [-0.2, -0.15) is 0 Å². The van der Waals surface area contributed by atoms with Crippen LogP contribution in [-0.4, -0.2) is 9.91 Å². The van der Waals surface area contributed by atoms with E-state index in [1.54, 1.807) is 18.3 Å². The molecule has 180 valence electrons. The molecule has 0 aliphatic rings. The first-order valence-electron chi connectivity index (χ1n) is 11.3. The predicted octanol–water partition coefficient (Wildman–Crippen LogP) is 7.19. The number of nitro groups is 1. The van der Waals surface area contributed by atoms with E-state index < -0.39 is 12.8 Å². The summed E-state index contributed by atoms with van der Waals surface area (Å²) in [6, 6.07) is 42.4. The molecule has 6 heteroatoms. The molecule has 0 aliphatic carbocycles. The zero-order valence-electron chi connectivity index (χ0n) is 19.8. The summed E-state index contributed by atoms with van der Waals surface area (Å²) in [5.41, 5.74) is 1.32. The number of nitro benzene ring substituents is 1. The molecule has 0 spiro atoms. The van der Waals surface area contributed by atoms with Gasteiger partial charge in [0.25, 0.3) is 5.69 Å². The summed E-state index contributed by atoms with van der Waals surface area (Å²) < 4.78 is 0.845. The SMILES string of the molecule is Cc1cccnc1.O=[N+]([O-])c1ccc(Br)cc1.c1ccc(P(c2ccccc2)c2ccccc2)cc1. The molecule has 5 rings (SSSR count). The number of non-ortho nitro benzene ring substituents is 1. The number of benzene rings is 4. The second kappa shape index (κ2) is 14.7. The zero-order chi connectivity index (χ0) is 25.6. The Morgan fingerprint density at radius 1 is 0.667 bits per heavy atom. The summed E-state index contributed by atoms with van der Waals surface area (Å²) in [6.45, 7) is 2.02. The van der Waals surface area contributed by atoms with Crippen LogP contribution in [0.15, 0.2) is 144 Å². The third-order valence-corrected chi connectivity index (χ3v) is 7.86. The Labute approximate surface area is 221 Å². The second-order valence-electron chi connectivity index (χ2n) is 7.61. The lowest BCUT2D eigenvalue weighted by molar-refractivity contribution is -0.384. The molecule has 4 aromatic carbocycles. The highest BCUT2D eigenvalue weighted by atomic mass is 79.9. The van der Waals surface area contributed by atoms with Crippen LogP contribution < -0.4 is 15.9 Å². The average Bonchev–Trinajstić information content (AvgIpc) is 2.92. The minimum Gasteiger partial charge on any atom is -0.264 e. The summed E-state index contributed by atoms with van der Waals surface area (Å²) in [5.74, 6) is 0. The monoisotopic (exact) mass is 556 g/mol. The molecule has 0 unspecified atom stereocenters. The number of halogens is 1. The van der Waals surface area contributed by atoms with Crippen molar-refractivity contribution in [3.05, 3.63) is 160 Å². The zero-order valence-corrected chi connectivity index (χ0v) is 22.3. The first-order valence-corrected chi connectivity index (χ1v) is 13.4. The third-order valence-electron chi connectivity index (χ3n) is 4.89. The fourth-order valence-corrected chi connectivity index (χ4v) is 5.76. The third kappa shape index (κ3) is 8.84. The molecule has 0 fully saturated rings. The van der Waals surface area contributed by atoms with E-state index in [1.807, 2.05) is 25.3 Å². The Balaban J connectivity index is 0.000000177. The van der Waals surface area contributed by atoms with Crippen LogP contribution in [0.3, 0.4) is 0 Å². The van der Waals surface area contributed by atoms with Crippen LogP contribution in [0, 0.1) is 17.0 Å². The number of aryl methyl sites for hydroxylation is 1. The van der Waals surface area contributed by atoms with Gasteiger partial charge in [-0.1, -0.05) is 113 Å². The van der Waals surface area contributed by atoms with E-state index in [9.17, 15) is 10.1 Å². The Morgan fingerprint density at radius 3 is 1.42 bits per heavy atom. The van der Waals surface area contributed by atoms with Crippen molar-refractivity contribution in [2.45, 2.75) is 6.92 Å². The maximum atomic E-state index is 10.1. The van der Waals surface area contributed by atoms with Gasteiger partial charge in [0, 0.05) is 29.0 Å². The van der Waals surface area contributed by atoms with Gasteiger partial charge in [-0.15, -0.1) is 0 Å². The molecule has 0 atom stereocenters. The molecule has 0 bridgehead atoms. The fourth-order valence-electron chi connectivity index (χ4n) is 3.19.